The Kier molecular flexibility index (Phi) is 3.57. The summed E-state index contributed by atoms with van der Waals surface area (Å²) in [6, 6.07) is 2.60. The van der Waals surface area contributed by atoms with Gasteiger partial charge in [0.2, 0.25) is 0 Å². The normalized spacial score (nSPS) is 25.9. The van der Waals surface area contributed by atoms with Gasteiger partial charge >= 0.3 is 0 Å². The van der Waals surface area contributed by atoms with E-state index in [4.69, 9.17) is 10.2 Å². The molecule has 0 aromatic carbocycles. The predicted molar refractivity (Wildman–Crippen MR) is 71.8 cm³/mol. The third-order valence-corrected chi connectivity index (χ3v) is 4.31. The highest BCUT2D eigenvalue weighted by molar-refractivity contribution is 5.94. The van der Waals surface area contributed by atoms with Crippen LogP contribution in [0.1, 0.15) is 29.6 Å². The minimum Gasteiger partial charge on any atom is -0.472 e. The van der Waals surface area contributed by atoms with Crippen molar-refractivity contribution in [3.05, 3.63) is 24.2 Å². The van der Waals surface area contributed by atoms with Crippen molar-refractivity contribution < 1.29 is 9.21 Å². The van der Waals surface area contributed by atoms with Gasteiger partial charge < -0.3 is 15.1 Å². The van der Waals surface area contributed by atoms with Gasteiger partial charge in [0.1, 0.15) is 6.26 Å². The van der Waals surface area contributed by atoms with Crippen LogP contribution in [0.3, 0.4) is 0 Å². The Morgan fingerprint density at radius 2 is 2.05 bits per heavy atom. The molecule has 104 valence electrons. The fraction of sp³-hybridized carbons (Fsp3) is 0.643. The summed E-state index contributed by atoms with van der Waals surface area (Å²) in [6.07, 6.45) is 6.29. The highest BCUT2D eigenvalue weighted by Crippen LogP contribution is 2.21. The molecule has 2 aliphatic rings. The van der Waals surface area contributed by atoms with Crippen molar-refractivity contribution >= 4 is 5.91 Å². The van der Waals surface area contributed by atoms with Crippen LogP contribution in [-0.4, -0.2) is 54.0 Å². The van der Waals surface area contributed by atoms with Crippen molar-refractivity contribution in [2.45, 2.75) is 31.3 Å². The van der Waals surface area contributed by atoms with Crippen molar-refractivity contribution in [3.8, 4) is 0 Å². The maximum atomic E-state index is 12.2. The zero-order valence-electron chi connectivity index (χ0n) is 11.1. The van der Waals surface area contributed by atoms with Crippen LogP contribution in [0.2, 0.25) is 0 Å². The van der Waals surface area contributed by atoms with E-state index in [1.807, 2.05) is 4.90 Å². The Hall–Kier alpha value is -1.33. The van der Waals surface area contributed by atoms with Crippen molar-refractivity contribution in [3.63, 3.8) is 0 Å². The maximum Gasteiger partial charge on any atom is 0.257 e. The van der Waals surface area contributed by atoms with Crippen LogP contribution < -0.4 is 5.73 Å². The zero-order valence-corrected chi connectivity index (χ0v) is 11.1. The molecular weight excluding hydrogens is 242 g/mol. The van der Waals surface area contributed by atoms with E-state index in [9.17, 15) is 4.79 Å². The van der Waals surface area contributed by atoms with Crippen molar-refractivity contribution in [1.29, 1.82) is 0 Å². The maximum absolute atomic E-state index is 12.2. The van der Waals surface area contributed by atoms with Crippen LogP contribution >= 0.6 is 0 Å². The highest BCUT2D eigenvalue weighted by Gasteiger charge is 2.32. The third-order valence-electron chi connectivity index (χ3n) is 4.31. The number of furan rings is 1. The van der Waals surface area contributed by atoms with Crippen LogP contribution in [0.4, 0.5) is 0 Å². The number of likely N-dealkylation sites (tertiary alicyclic amines) is 2. The summed E-state index contributed by atoms with van der Waals surface area (Å²) in [4.78, 5) is 16.6. The second-order valence-corrected chi connectivity index (χ2v) is 5.58. The molecule has 0 saturated carbocycles. The van der Waals surface area contributed by atoms with E-state index in [0.717, 1.165) is 45.4 Å². The second kappa shape index (κ2) is 5.35. The molecule has 0 spiro atoms. The van der Waals surface area contributed by atoms with E-state index in [1.54, 1.807) is 12.3 Å². The molecule has 1 aromatic heterocycles. The minimum absolute atomic E-state index is 0.0879. The summed E-state index contributed by atoms with van der Waals surface area (Å²) >= 11 is 0. The predicted octanol–water partition coefficient (Wildman–Crippen LogP) is 0.917. The average molecular weight is 263 g/mol. The summed E-state index contributed by atoms with van der Waals surface area (Å²) in [5.41, 5.74) is 6.59. The molecule has 3 rings (SSSR count). The SMILES string of the molecule is NC1CCN(C2CCN(C(=O)c3ccoc3)C2)CC1. The first-order valence-electron chi connectivity index (χ1n) is 7.05. The Labute approximate surface area is 113 Å². The number of nitrogens with zero attached hydrogens (tertiary/aromatic N) is 2. The van der Waals surface area contributed by atoms with Gasteiger partial charge in [-0.3, -0.25) is 9.69 Å². The van der Waals surface area contributed by atoms with Gasteiger partial charge in [0, 0.05) is 25.2 Å². The van der Waals surface area contributed by atoms with Gasteiger partial charge in [0.15, 0.2) is 0 Å². The Morgan fingerprint density at radius 1 is 1.26 bits per heavy atom. The third kappa shape index (κ3) is 2.67. The summed E-state index contributed by atoms with van der Waals surface area (Å²) in [5.74, 6) is 0.0879. The Bertz CT molecular complexity index is 424. The van der Waals surface area contributed by atoms with E-state index < -0.39 is 0 Å². The number of piperidine rings is 1. The highest BCUT2D eigenvalue weighted by atomic mass is 16.3. The van der Waals surface area contributed by atoms with E-state index in [2.05, 4.69) is 4.90 Å². The molecule has 3 heterocycles. The molecule has 2 aliphatic heterocycles. The lowest BCUT2D eigenvalue weighted by molar-refractivity contribution is 0.0769. The minimum atomic E-state index is 0.0879. The number of hydrogen-bond acceptors (Lipinski definition) is 4. The van der Waals surface area contributed by atoms with Crippen LogP contribution in [0, 0.1) is 0 Å². The lowest BCUT2D eigenvalue weighted by Gasteiger charge is -2.34. The molecule has 19 heavy (non-hydrogen) atoms. The topological polar surface area (TPSA) is 62.7 Å². The van der Waals surface area contributed by atoms with Gasteiger partial charge in [0.05, 0.1) is 11.8 Å². The second-order valence-electron chi connectivity index (χ2n) is 5.58. The summed E-state index contributed by atoms with van der Waals surface area (Å²) in [5, 5.41) is 0. The van der Waals surface area contributed by atoms with Gasteiger partial charge in [0.25, 0.3) is 5.91 Å². The van der Waals surface area contributed by atoms with Gasteiger partial charge in [-0.05, 0) is 38.4 Å². The molecule has 2 fully saturated rings. The number of carbonyl (C=O) groups is 1. The average Bonchev–Trinajstić information content (AvgIpc) is 3.10. The van der Waals surface area contributed by atoms with Gasteiger partial charge in [-0.25, -0.2) is 0 Å². The zero-order chi connectivity index (χ0) is 13.2. The van der Waals surface area contributed by atoms with Gasteiger partial charge in [-0.15, -0.1) is 0 Å². The first kappa shape index (κ1) is 12.7. The molecule has 0 bridgehead atoms. The number of amides is 1. The van der Waals surface area contributed by atoms with E-state index in [-0.39, 0.29) is 5.91 Å². The van der Waals surface area contributed by atoms with Crippen LogP contribution in [-0.2, 0) is 0 Å². The van der Waals surface area contributed by atoms with Gasteiger partial charge in [-0.1, -0.05) is 0 Å². The van der Waals surface area contributed by atoms with Crippen LogP contribution in [0.25, 0.3) is 0 Å². The Balaban J connectivity index is 1.57. The lowest BCUT2D eigenvalue weighted by atomic mass is 10.0. The van der Waals surface area contributed by atoms with Gasteiger partial charge in [-0.2, -0.15) is 0 Å². The first-order chi connectivity index (χ1) is 9.24. The molecule has 2 N–H and O–H groups in total. The first-order valence-corrected chi connectivity index (χ1v) is 7.05. The molecule has 1 aromatic rings. The van der Waals surface area contributed by atoms with Crippen molar-refractivity contribution in [1.82, 2.24) is 9.80 Å². The number of carbonyl (C=O) groups excluding carboxylic acids is 1. The van der Waals surface area contributed by atoms with E-state index in [1.165, 1.54) is 6.26 Å². The summed E-state index contributed by atoms with van der Waals surface area (Å²) < 4.78 is 4.98. The number of hydrogen-bond donors (Lipinski definition) is 1. The molecule has 1 unspecified atom stereocenters. The fourth-order valence-corrected chi connectivity index (χ4v) is 3.08. The largest absolute Gasteiger partial charge is 0.472 e. The Morgan fingerprint density at radius 3 is 2.74 bits per heavy atom. The molecular formula is C14H21N3O2. The lowest BCUT2D eigenvalue weighted by Crippen LogP contribution is -2.46. The molecule has 1 amide bonds. The number of nitrogens with two attached hydrogens (primary N) is 1. The molecule has 1 atom stereocenters. The van der Waals surface area contributed by atoms with E-state index in [0.29, 0.717) is 17.6 Å². The molecule has 0 aliphatic carbocycles. The molecule has 5 nitrogen and oxygen atoms in total. The van der Waals surface area contributed by atoms with Crippen molar-refractivity contribution in [2.24, 2.45) is 5.73 Å². The van der Waals surface area contributed by atoms with E-state index >= 15 is 0 Å². The van der Waals surface area contributed by atoms with Crippen LogP contribution in [0.15, 0.2) is 23.0 Å². The summed E-state index contributed by atoms with van der Waals surface area (Å²) in [6.45, 7) is 3.82. The van der Waals surface area contributed by atoms with Crippen molar-refractivity contribution in [2.75, 3.05) is 26.2 Å². The molecule has 2 saturated heterocycles. The quantitative estimate of drug-likeness (QED) is 0.861. The monoisotopic (exact) mass is 263 g/mol. The molecule has 0 radical (unpaired) electrons. The standard InChI is InChI=1S/C14H21N3O2/c15-12-1-5-16(6-2-12)13-3-7-17(9-13)14(18)11-4-8-19-10-11/h4,8,10,12-13H,1-3,5-7,9,15H2. The number of rotatable bonds is 2. The summed E-state index contributed by atoms with van der Waals surface area (Å²) in [7, 11) is 0. The molecule has 5 heteroatoms. The fourth-order valence-electron chi connectivity index (χ4n) is 3.08. The smallest absolute Gasteiger partial charge is 0.257 e. The van der Waals surface area contributed by atoms with Crippen LogP contribution in [0.5, 0.6) is 0 Å².